The van der Waals surface area contributed by atoms with Crippen molar-refractivity contribution in [3.63, 3.8) is 0 Å². The maximum Gasteiger partial charge on any atom is 0.254 e. The first-order valence-electron chi connectivity index (χ1n) is 9.18. The van der Waals surface area contributed by atoms with E-state index in [-0.39, 0.29) is 0 Å². The van der Waals surface area contributed by atoms with Crippen LogP contribution in [0.2, 0.25) is 0 Å². The predicted molar refractivity (Wildman–Crippen MR) is 109 cm³/mol. The molecule has 1 unspecified atom stereocenters. The maximum atomic E-state index is 11.8. The zero-order valence-electron chi connectivity index (χ0n) is 15.8. The van der Waals surface area contributed by atoms with Crippen LogP contribution in [0.1, 0.15) is 19.4 Å². The Hall–Kier alpha value is -2.18. The molecule has 0 saturated heterocycles. The van der Waals surface area contributed by atoms with Crippen molar-refractivity contribution >= 4 is 23.4 Å². The molecule has 0 bridgehead atoms. The summed E-state index contributed by atoms with van der Waals surface area (Å²) in [7, 11) is 0. The van der Waals surface area contributed by atoms with Gasteiger partial charge >= 0.3 is 0 Å². The quantitative estimate of drug-likeness (QED) is 0.753. The Morgan fingerprint density at radius 2 is 1.96 bits per heavy atom. The molecule has 0 fully saturated rings. The monoisotopic (exact) mass is 386 g/mol. The number of nitrogens with zero attached hydrogens (tertiary/aromatic N) is 1. The Kier molecular flexibility index (Phi) is 6.29. The van der Waals surface area contributed by atoms with Crippen LogP contribution >= 0.6 is 11.8 Å². The van der Waals surface area contributed by atoms with E-state index in [9.17, 15) is 4.79 Å². The Morgan fingerprint density at radius 3 is 2.67 bits per heavy atom. The number of para-hydroxylation sites is 1. The second-order valence-electron chi connectivity index (χ2n) is 6.51. The van der Waals surface area contributed by atoms with Gasteiger partial charge in [-0.2, -0.15) is 0 Å². The molecule has 1 aliphatic rings. The van der Waals surface area contributed by atoms with Gasteiger partial charge in [-0.05, 0) is 43.7 Å². The number of hydrogen-bond donors (Lipinski definition) is 1. The zero-order chi connectivity index (χ0) is 19.3. The summed E-state index contributed by atoms with van der Waals surface area (Å²) in [5, 5.41) is 0. The number of nitrogens with two attached hydrogens (primary N) is 1. The van der Waals surface area contributed by atoms with E-state index in [0.717, 1.165) is 30.2 Å². The SMILES string of the molecule is CCOC(C)(C(N)=O)c1ccc(OCCN2CCSc3ccccc32)cc1. The molecule has 0 aromatic heterocycles. The zero-order valence-corrected chi connectivity index (χ0v) is 16.6. The van der Waals surface area contributed by atoms with Gasteiger partial charge in [-0.15, -0.1) is 11.8 Å². The molecule has 5 nitrogen and oxygen atoms in total. The number of rotatable bonds is 8. The average Bonchev–Trinajstić information content (AvgIpc) is 2.68. The fraction of sp³-hybridized carbons (Fsp3) is 0.381. The third-order valence-corrected chi connectivity index (χ3v) is 5.81. The molecule has 1 amide bonds. The van der Waals surface area contributed by atoms with E-state index < -0.39 is 11.5 Å². The number of thioether (sulfide) groups is 1. The highest BCUT2D eigenvalue weighted by Gasteiger charge is 2.33. The van der Waals surface area contributed by atoms with Crippen molar-refractivity contribution in [2.45, 2.75) is 24.3 Å². The minimum atomic E-state index is -1.12. The van der Waals surface area contributed by atoms with Crippen LogP contribution in [-0.2, 0) is 15.1 Å². The number of amides is 1. The first-order chi connectivity index (χ1) is 13.0. The van der Waals surface area contributed by atoms with Crippen molar-refractivity contribution < 1.29 is 14.3 Å². The summed E-state index contributed by atoms with van der Waals surface area (Å²) in [6, 6.07) is 15.9. The third-order valence-electron chi connectivity index (χ3n) is 4.76. The van der Waals surface area contributed by atoms with E-state index in [2.05, 4.69) is 29.2 Å². The highest BCUT2D eigenvalue weighted by atomic mass is 32.2. The van der Waals surface area contributed by atoms with E-state index in [0.29, 0.717) is 13.2 Å². The molecular weight excluding hydrogens is 360 g/mol. The third kappa shape index (κ3) is 4.39. The molecule has 1 atom stereocenters. The van der Waals surface area contributed by atoms with Gasteiger partial charge in [-0.1, -0.05) is 24.3 Å². The number of primary amides is 1. The number of benzene rings is 2. The van der Waals surface area contributed by atoms with Gasteiger partial charge in [0.15, 0.2) is 5.60 Å². The minimum Gasteiger partial charge on any atom is -0.492 e. The van der Waals surface area contributed by atoms with Crippen molar-refractivity contribution in [2.24, 2.45) is 5.73 Å². The second-order valence-corrected chi connectivity index (χ2v) is 7.64. The summed E-state index contributed by atoms with van der Waals surface area (Å²) in [6.45, 7) is 6.40. The molecule has 0 saturated carbocycles. The van der Waals surface area contributed by atoms with Crippen molar-refractivity contribution in [3.8, 4) is 5.75 Å². The van der Waals surface area contributed by atoms with Gasteiger partial charge in [-0.3, -0.25) is 4.79 Å². The van der Waals surface area contributed by atoms with E-state index >= 15 is 0 Å². The van der Waals surface area contributed by atoms with Crippen molar-refractivity contribution in [1.29, 1.82) is 0 Å². The molecule has 144 valence electrons. The highest BCUT2D eigenvalue weighted by molar-refractivity contribution is 7.99. The van der Waals surface area contributed by atoms with Crippen LogP contribution < -0.4 is 15.4 Å². The summed E-state index contributed by atoms with van der Waals surface area (Å²) in [4.78, 5) is 15.5. The fourth-order valence-corrected chi connectivity index (χ4v) is 4.24. The molecule has 0 spiro atoms. The largest absolute Gasteiger partial charge is 0.492 e. The van der Waals surface area contributed by atoms with Crippen LogP contribution in [0.4, 0.5) is 5.69 Å². The Morgan fingerprint density at radius 1 is 1.22 bits per heavy atom. The standard InChI is InChI=1S/C21H26N2O3S/c1-3-26-21(2,20(22)24)16-8-10-17(11-9-16)25-14-12-23-13-15-27-19-7-5-4-6-18(19)23/h4-11H,3,12-15H2,1-2H3,(H2,22,24). The van der Waals surface area contributed by atoms with Crippen molar-refractivity contribution in [3.05, 3.63) is 54.1 Å². The van der Waals surface area contributed by atoms with Gasteiger partial charge in [0.25, 0.3) is 5.91 Å². The number of carbonyl (C=O) groups excluding carboxylic acids is 1. The molecule has 0 aliphatic carbocycles. The highest BCUT2D eigenvalue weighted by Crippen LogP contribution is 2.34. The molecule has 1 aliphatic heterocycles. The molecule has 2 aromatic rings. The van der Waals surface area contributed by atoms with Crippen LogP contribution in [0.5, 0.6) is 5.75 Å². The molecule has 6 heteroatoms. The van der Waals surface area contributed by atoms with E-state index in [4.69, 9.17) is 15.2 Å². The maximum absolute atomic E-state index is 11.8. The van der Waals surface area contributed by atoms with E-state index in [1.165, 1.54) is 10.6 Å². The Bertz CT molecular complexity index is 781. The van der Waals surface area contributed by atoms with Gasteiger partial charge in [0.05, 0.1) is 12.2 Å². The van der Waals surface area contributed by atoms with Gasteiger partial charge in [0, 0.05) is 23.8 Å². The lowest BCUT2D eigenvalue weighted by Gasteiger charge is -2.30. The Labute approximate surface area is 164 Å². The molecule has 27 heavy (non-hydrogen) atoms. The minimum absolute atomic E-state index is 0.410. The molecule has 0 radical (unpaired) electrons. The molecule has 1 heterocycles. The summed E-state index contributed by atoms with van der Waals surface area (Å²) in [5.41, 5.74) is 6.41. The summed E-state index contributed by atoms with van der Waals surface area (Å²) in [5.74, 6) is 1.36. The van der Waals surface area contributed by atoms with E-state index in [1.807, 2.05) is 43.0 Å². The lowest BCUT2D eigenvalue weighted by molar-refractivity contribution is -0.142. The average molecular weight is 387 g/mol. The lowest BCUT2D eigenvalue weighted by Crippen LogP contribution is -2.41. The van der Waals surface area contributed by atoms with Crippen molar-refractivity contribution in [1.82, 2.24) is 0 Å². The van der Waals surface area contributed by atoms with Crippen LogP contribution in [0.25, 0.3) is 0 Å². The van der Waals surface area contributed by atoms with E-state index in [1.54, 1.807) is 6.92 Å². The van der Waals surface area contributed by atoms with Crippen LogP contribution in [0.3, 0.4) is 0 Å². The summed E-state index contributed by atoms with van der Waals surface area (Å²) >= 11 is 1.90. The number of ether oxygens (including phenoxy) is 2. The molecule has 2 N–H and O–H groups in total. The number of hydrogen-bond acceptors (Lipinski definition) is 5. The number of anilines is 1. The van der Waals surface area contributed by atoms with Gasteiger partial charge < -0.3 is 20.1 Å². The summed E-state index contributed by atoms with van der Waals surface area (Å²) < 4.78 is 11.5. The van der Waals surface area contributed by atoms with Crippen LogP contribution in [0, 0.1) is 0 Å². The van der Waals surface area contributed by atoms with Gasteiger partial charge in [0.2, 0.25) is 0 Å². The normalized spacial score (nSPS) is 15.7. The second kappa shape index (κ2) is 8.67. The fourth-order valence-electron chi connectivity index (χ4n) is 3.19. The smallest absolute Gasteiger partial charge is 0.254 e. The topological polar surface area (TPSA) is 64.8 Å². The van der Waals surface area contributed by atoms with Gasteiger partial charge in [-0.25, -0.2) is 0 Å². The van der Waals surface area contributed by atoms with Crippen molar-refractivity contribution in [2.75, 3.05) is 37.0 Å². The Balaban J connectivity index is 1.59. The molecular formula is C21H26N2O3S. The summed E-state index contributed by atoms with van der Waals surface area (Å²) in [6.07, 6.45) is 0. The molecule has 2 aromatic carbocycles. The number of fused-ring (bicyclic) bond motifs is 1. The van der Waals surface area contributed by atoms with Crippen LogP contribution in [-0.4, -0.2) is 38.0 Å². The first-order valence-corrected chi connectivity index (χ1v) is 10.2. The van der Waals surface area contributed by atoms with Gasteiger partial charge in [0.1, 0.15) is 12.4 Å². The first kappa shape index (κ1) is 19.6. The van der Waals surface area contributed by atoms with Crippen LogP contribution in [0.15, 0.2) is 53.4 Å². The predicted octanol–water partition coefficient (Wildman–Crippen LogP) is 3.41. The number of carbonyl (C=O) groups is 1. The lowest BCUT2D eigenvalue weighted by atomic mass is 9.95. The molecule has 3 rings (SSSR count).